The van der Waals surface area contributed by atoms with Gasteiger partial charge < -0.3 is 5.73 Å². The minimum absolute atomic E-state index is 0.200. The molecule has 1 fully saturated rings. The maximum Gasteiger partial charge on any atom is 0.212 e. The molecule has 0 amide bonds. The summed E-state index contributed by atoms with van der Waals surface area (Å²) in [6.45, 7) is 4.48. The Kier molecular flexibility index (Phi) is 5.41. The summed E-state index contributed by atoms with van der Waals surface area (Å²) >= 11 is 0. The molecule has 5 heteroatoms. The third kappa shape index (κ3) is 4.23. The van der Waals surface area contributed by atoms with Crippen LogP contribution in [0.15, 0.2) is 0 Å². The first-order valence-corrected chi connectivity index (χ1v) is 8.34. The monoisotopic (exact) mass is 262 g/mol. The second-order valence-electron chi connectivity index (χ2n) is 5.26. The minimum Gasteiger partial charge on any atom is -0.329 e. The predicted molar refractivity (Wildman–Crippen MR) is 71.2 cm³/mol. The van der Waals surface area contributed by atoms with Crippen LogP contribution in [0.2, 0.25) is 0 Å². The molecule has 1 aliphatic carbocycles. The average molecular weight is 262 g/mol. The van der Waals surface area contributed by atoms with Crippen molar-refractivity contribution in [2.24, 2.45) is 11.7 Å². The highest BCUT2D eigenvalue weighted by molar-refractivity contribution is 7.89. The molecule has 0 atom stereocenters. The first-order valence-electron chi connectivity index (χ1n) is 6.68. The molecule has 1 aliphatic rings. The third-order valence-corrected chi connectivity index (χ3v) is 5.56. The molecule has 0 saturated heterocycles. The maximum atomic E-state index is 11.8. The molecular formula is C12H26N2O2S. The molecular weight excluding hydrogens is 236 g/mol. The predicted octanol–water partition coefficient (Wildman–Crippen LogP) is 1.61. The quantitative estimate of drug-likeness (QED) is 0.764. The molecule has 102 valence electrons. The first-order chi connectivity index (χ1) is 7.97. The van der Waals surface area contributed by atoms with Gasteiger partial charge in [-0.2, -0.15) is 0 Å². The van der Waals surface area contributed by atoms with E-state index in [9.17, 15) is 8.42 Å². The fourth-order valence-electron chi connectivity index (χ4n) is 2.64. The third-order valence-electron chi connectivity index (χ3n) is 3.88. The fourth-order valence-corrected chi connectivity index (χ4v) is 4.22. The van der Waals surface area contributed by atoms with Gasteiger partial charge in [0.05, 0.1) is 5.75 Å². The van der Waals surface area contributed by atoms with Crippen LogP contribution in [0.25, 0.3) is 0 Å². The van der Waals surface area contributed by atoms with E-state index in [0.29, 0.717) is 13.0 Å². The van der Waals surface area contributed by atoms with E-state index in [4.69, 9.17) is 5.73 Å². The molecule has 0 heterocycles. The summed E-state index contributed by atoms with van der Waals surface area (Å²) in [5.41, 5.74) is 5.43. The highest BCUT2D eigenvalue weighted by atomic mass is 32.2. The SMILES string of the molecule is CCCS(=O)(=O)NC1(CN)CCC(CC)CC1. The van der Waals surface area contributed by atoms with Crippen molar-refractivity contribution in [2.75, 3.05) is 12.3 Å². The molecule has 1 saturated carbocycles. The molecule has 17 heavy (non-hydrogen) atoms. The van der Waals surface area contributed by atoms with Crippen LogP contribution < -0.4 is 10.5 Å². The average Bonchev–Trinajstić information content (AvgIpc) is 2.29. The lowest BCUT2D eigenvalue weighted by molar-refractivity contribution is 0.217. The first kappa shape index (κ1) is 14.9. The summed E-state index contributed by atoms with van der Waals surface area (Å²) in [4.78, 5) is 0. The van der Waals surface area contributed by atoms with E-state index in [1.54, 1.807) is 0 Å². The van der Waals surface area contributed by atoms with Gasteiger partial charge in [-0.15, -0.1) is 0 Å². The summed E-state index contributed by atoms with van der Waals surface area (Å²) < 4.78 is 26.5. The van der Waals surface area contributed by atoms with E-state index >= 15 is 0 Å². The van der Waals surface area contributed by atoms with Gasteiger partial charge in [-0.3, -0.25) is 0 Å². The van der Waals surface area contributed by atoms with Gasteiger partial charge in [0.25, 0.3) is 0 Å². The molecule has 3 N–H and O–H groups in total. The molecule has 0 aromatic rings. The summed E-state index contributed by atoms with van der Waals surface area (Å²) in [5, 5.41) is 0. The standard InChI is InChI=1S/C12H26N2O2S/c1-3-9-17(15,16)14-12(10-13)7-5-11(4-2)6-8-12/h11,14H,3-10,13H2,1-2H3. The van der Waals surface area contributed by atoms with Crippen LogP contribution in [0.1, 0.15) is 52.4 Å². The Morgan fingerprint density at radius 3 is 2.29 bits per heavy atom. The largest absolute Gasteiger partial charge is 0.329 e. The highest BCUT2D eigenvalue weighted by Crippen LogP contribution is 2.33. The molecule has 0 aliphatic heterocycles. The van der Waals surface area contributed by atoms with Crippen LogP contribution >= 0.6 is 0 Å². The van der Waals surface area contributed by atoms with Crippen molar-refractivity contribution < 1.29 is 8.42 Å². The van der Waals surface area contributed by atoms with Gasteiger partial charge in [0.15, 0.2) is 0 Å². The number of rotatable bonds is 6. The second kappa shape index (κ2) is 6.16. The zero-order valence-corrected chi connectivity index (χ0v) is 11.9. The van der Waals surface area contributed by atoms with Crippen LogP contribution in [0.5, 0.6) is 0 Å². The van der Waals surface area contributed by atoms with E-state index in [2.05, 4.69) is 11.6 Å². The van der Waals surface area contributed by atoms with Gasteiger partial charge in [-0.25, -0.2) is 13.1 Å². The number of hydrogen-bond donors (Lipinski definition) is 2. The summed E-state index contributed by atoms with van der Waals surface area (Å²) in [5.74, 6) is 0.941. The normalized spacial score (nSPS) is 30.4. The van der Waals surface area contributed by atoms with Crippen molar-refractivity contribution in [1.82, 2.24) is 4.72 Å². The van der Waals surface area contributed by atoms with E-state index < -0.39 is 10.0 Å². The Hall–Kier alpha value is -0.130. The smallest absolute Gasteiger partial charge is 0.212 e. The van der Waals surface area contributed by atoms with Gasteiger partial charge in [0.1, 0.15) is 0 Å². The van der Waals surface area contributed by atoms with Crippen LogP contribution in [-0.4, -0.2) is 26.3 Å². The maximum absolute atomic E-state index is 11.8. The van der Waals surface area contributed by atoms with Crippen molar-refractivity contribution >= 4 is 10.0 Å². The summed E-state index contributed by atoms with van der Waals surface area (Å²) in [6, 6.07) is 0. The van der Waals surface area contributed by atoms with Gasteiger partial charge in [0, 0.05) is 12.1 Å². The van der Waals surface area contributed by atoms with Gasteiger partial charge >= 0.3 is 0 Å². The summed E-state index contributed by atoms with van der Waals surface area (Å²) in [6.07, 6.45) is 5.76. The van der Waals surface area contributed by atoms with Crippen molar-refractivity contribution in [1.29, 1.82) is 0 Å². The number of nitrogens with one attached hydrogen (secondary N) is 1. The minimum atomic E-state index is -3.16. The Morgan fingerprint density at radius 1 is 1.29 bits per heavy atom. The lowest BCUT2D eigenvalue weighted by atomic mass is 9.76. The number of hydrogen-bond acceptors (Lipinski definition) is 3. The zero-order valence-electron chi connectivity index (χ0n) is 11.0. The molecule has 0 spiro atoms. The van der Waals surface area contributed by atoms with E-state index in [0.717, 1.165) is 31.6 Å². The van der Waals surface area contributed by atoms with Crippen molar-refractivity contribution in [3.8, 4) is 0 Å². The number of nitrogens with two attached hydrogens (primary N) is 1. The van der Waals surface area contributed by atoms with Crippen molar-refractivity contribution in [2.45, 2.75) is 57.9 Å². The van der Waals surface area contributed by atoms with Gasteiger partial charge in [-0.05, 0) is 38.0 Å². The molecule has 0 aromatic carbocycles. The molecule has 0 bridgehead atoms. The lowest BCUT2D eigenvalue weighted by Gasteiger charge is -2.39. The second-order valence-corrected chi connectivity index (χ2v) is 7.10. The molecule has 0 unspecified atom stereocenters. The van der Waals surface area contributed by atoms with Gasteiger partial charge in [-0.1, -0.05) is 20.3 Å². The zero-order chi connectivity index (χ0) is 12.9. The van der Waals surface area contributed by atoms with Crippen molar-refractivity contribution in [3.63, 3.8) is 0 Å². The van der Waals surface area contributed by atoms with Crippen LogP contribution in [0.4, 0.5) is 0 Å². The fraction of sp³-hybridized carbons (Fsp3) is 1.00. The van der Waals surface area contributed by atoms with E-state index in [1.807, 2.05) is 6.92 Å². The lowest BCUT2D eigenvalue weighted by Crippen LogP contribution is -2.55. The Bertz CT molecular complexity index is 319. The Labute approximate surface area is 105 Å². The Morgan fingerprint density at radius 2 is 1.88 bits per heavy atom. The Balaban J connectivity index is 2.65. The molecule has 0 radical (unpaired) electrons. The van der Waals surface area contributed by atoms with Crippen LogP contribution in [-0.2, 0) is 10.0 Å². The topological polar surface area (TPSA) is 72.2 Å². The molecule has 0 aromatic heterocycles. The van der Waals surface area contributed by atoms with Gasteiger partial charge in [0.2, 0.25) is 10.0 Å². The summed E-state index contributed by atoms with van der Waals surface area (Å²) in [7, 11) is -3.16. The molecule has 1 rings (SSSR count). The van der Waals surface area contributed by atoms with E-state index in [1.165, 1.54) is 6.42 Å². The van der Waals surface area contributed by atoms with E-state index in [-0.39, 0.29) is 11.3 Å². The van der Waals surface area contributed by atoms with Crippen LogP contribution in [0.3, 0.4) is 0 Å². The van der Waals surface area contributed by atoms with Crippen LogP contribution in [0, 0.1) is 5.92 Å². The molecule has 4 nitrogen and oxygen atoms in total. The highest BCUT2D eigenvalue weighted by Gasteiger charge is 2.36. The number of sulfonamides is 1. The van der Waals surface area contributed by atoms with Crippen molar-refractivity contribution in [3.05, 3.63) is 0 Å².